The normalized spacial score (nSPS) is 18.6. The Kier molecular flexibility index (Phi) is 2.66. The first-order valence-corrected chi connectivity index (χ1v) is 6.33. The summed E-state index contributed by atoms with van der Waals surface area (Å²) in [6.07, 6.45) is 3.84. The van der Waals surface area contributed by atoms with Crippen molar-refractivity contribution in [2.45, 2.75) is 44.6 Å². The first-order valence-electron chi connectivity index (χ1n) is 6.33. The molecule has 3 N–H and O–H groups in total. The number of aliphatic hydroxyl groups excluding tert-OH is 1. The highest BCUT2D eigenvalue weighted by Crippen LogP contribution is 2.35. The van der Waals surface area contributed by atoms with Gasteiger partial charge in [-0.15, -0.1) is 0 Å². The first-order chi connectivity index (χ1) is 8.66. The van der Waals surface area contributed by atoms with Crippen molar-refractivity contribution >= 4 is 11.0 Å². The number of aliphatic hydroxyl groups is 1. The summed E-state index contributed by atoms with van der Waals surface area (Å²) < 4.78 is 0. The molecular formula is C12H16N4O2. The Bertz CT molecular complexity index is 623. The third-order valence-electron chi connectivity index (χ3n) is 3.62. The summed E-state index contributed by atoms with van der Waals surface area (Å²) in [6, 6.07) is 0. The fourth-order valence-electron chi connectivity index (χ4n) is 2.64. The lowest BCUT2D eigenvalue weighted by Gasteiger charge is -2.07. The van der Waals surface area contributed by atoms with Crippen LogP contribution in [0.4, 0.5) is 0 Å². The van der Waals surface area contributed by atoms with Gasteiger partial charge in [-0.25, -0.2) is 4.98 Å². The van der Waals surface area contributed by atoms with Gasteiger partial charge in [0.05, 0.1) is 5.69 Å². The molecule has 2 heterocycles. The minimum Gasteiger partial charge on any atom is -0.385 e. The largest absolute Gasteiger partial charge is 0.385 e. The van der Waals surface area contributed by atoms with Crippen LogP contribution in [0.2, 0.25) is 0 Å². The van der Waals surface area contributed by atoms with E-state index in [2.05, 4.69) is 20.2 Å². The third-order valence-corrected chi connectivity index (χ3v) is 3.62. The van der Waals surface area contributed by atoms with Gasteiger partial charge in [0.15, 0.2) is 5.52 Å². The van der Waals surface area contributed by atoms with Crippen molar-refractivity contribution in [2.24, 2.45) is 0 Å². The zero-order valence-electron chi connectivity index (χ0n) is 10.2. The molecule has 0 amide bonds. The van der Waals surface area contributed by atoms with Crippen LogP contribution >= 0.6 is 0 Å². The van der Waals surface area contributed by atoms with E-state index in [0.717, 1.165) is 18.5 Å². The molecule has 1 fully saturated rings. The Balaban J connectivity index is 2.18. The number of H-pyrrole nitrogens is 2. The van der Waals surface area contributed by atoms with Gasteiger partial charge in [-0.3, -0.25) is 9.89 Å². The number of rotatable bonds is 2. The number of aromatic amines is 2. The number of hydrogen-bond donors (Lipinski definition) is 3. The third kappa shape index (κ3) is 1.73. The van der Waals surface area contributed by atoms with E-state index < -0.39 is 6.10 Å². The lowest BCUT2D eigenvalue weighted by Crippen LogP contribution is -2.13. The maximum absolute atomic E-state index is 11.8. The van der Waals surface area contributed by atoms with Crippen LogP contribution in [-0.2, 0) is 0 Å². The first kappa shape index (κ1) is 11.4. The van der Waals surface area contributed by atoms with E-state index in [9.17, 15) is 9.90 Å². The second kappa shape index (κ2) is 4.20. The molecule has 0 saturated heterocycles. The summed E-state index contributed by atoms with van der Waals surface area (Å²) >= 11 is 0. The minimum absolute atomic E-state index is 0.295. The van der Waals surface area contributed by atoms with Crippen LogP contribution in [0.3, 0.4) is 0 Å². The number of nitrogens with one attached hydrogen (secondary N) is 2. The van der Waals surface area contributed by atoms with E-state index in [-0.39, 0.29) is 5.56 Å². The van der Waals surface area contributed by atoms with Crippen LogP contribution in [0.5, 0.6) is 0 Å². The Morgan fingerprint density at radius 2 is 2.06 bits per heavy atom. The smallest absolute Gasteiger partial charge is 0.279 e. The number of aromatic nitrogens is 4. The van der Waals surface area contributed by atoms with Gasteiger partial charge in [0.1, 0.15) is 17.4 Å². The van der Waals surface area contributed by atoms with Crippen LogP contribution in [-0.4, -0.2) is 25.3 Å². The zero-order valence-corrected chi connectivity index (χ0v) is 10.2. The molecule has 1 saturated carbocycles. The summed E-state index contributed by atoms with van der Waals surface area (Å²) in [4.78, 5) is 18.7. The van der Waals surface area contributed by atoms with Crippen LogP contribution in [0.25, 0.3) is 11.0 Å². The van der Waals surface area contributed by atoms with E-state index in [1.54, 1.807) is 6.92 Å². The molecule has 0 radical (unpaired) electrons. The highest BCUT2D eigenvalue weighted by atomic mass is 16.3. The second-order valence-electron chi connectivity index (χ2n) is 4.94. The lowest BCUT2D eigenvalue weighted by molar-refractivity contribution is 0.189. The molecule has 2 aromatic rings. The molecule has 2 aromatic heterocycles. The monoisotopic (exact) mass is 248 g/mol. The Morgan fingerprint density at radius 3 is 2.72 bits per heavy atom. The second-order valence-corrected chi connectivity index (χ2v) is 4.94. The topological polar surface area (TPSA) is 94.7 Å². The SMILES string of the molecule is C[C@H](O)c1nc2c(C3CCCC3)[nH]nc2c(=O)[nH]1. The number of nitrogens with zero attached hydrogens (tertiary/aromatic N) is 2. The van der Waals surface area contributed by atoms with Crippen molar-refractivity contribution in [2.75, 3.05) is 0 Å². The van der Waals surface area contributed by atoms with Gasteiger partial charge in [0, 0.05) is 5.92 Å². The predicted molar refractivity (Wildman–Crippen MR) is 66.4 cm³/mol. The van der Waals surface area contributed by atoms with E-state index in [1.165, 1.54) is 12.8 Å². The zero-order chi connectivity index (χ0) is 12.7. The maximum atomic E-state index is 11.8. The minimum atomic E-state index is -0.784. The summed E-state index contributed by atoms with van der Waals surface area (Å²) in [5, 5.41) is 16.5. The molecular weight excluding hydrogens is 232 g/mol. The van der Waals surface area contributed by atoms with Crippen molar-refractivity contribution in [3.63, 3.8) is 0 Å². The molecule has 6 nitrogen and oxygen atoms in total. The molecule has 3 rings (SSSR count). The summed E-state index contributed by atoms with van der Waals surface area (Å²) in [7, 11) is 0. The summed E-state index contributed by atoms with van der Waals surface area (Å²) in [6.45, 7) is 1.58. The van der Waals surface area contributed by atoms with Crippen molar-refractivity contribution in [3.05, 3.63) is 21.9 Å². The van der Waals surface area contributed by atoms with Gasteiger partial charge in [-0.1, -0.05) is 12.8 Å². The fraction of sp³-hybridized carbons (Fsp3) is 0.583. The van der Waals surface area contributed by atoms with Crippen molar-refractivity contribution in [3.8, 4) is 0 Å². The lowest BCUT2D eigenvalue weighted by atomic mass is 10.0. The molecule has 0 aromatic carbocycles. The molecule has 1 atom stereocenters. The van der Waals surface area contributed by atoms with E-state index in [4.69, 9.17) is 0 Å². The molecule has 0 unspecified atom stereocenters. The van der Waals surface area contributed by atoms with Crippen LogP contribution < -0.4 is 5.56 Å². The molecule has 0 spiro atoms. The van der Waals surface area contributed by atoms with Gasteiger partial charge in [-0.2, -0.15) is 5.10 Å². The average molecular weight is 248 g/mol. The van der Waals surface area contributed by atoms with Gasteiger partial charge in [0.25, 0.3) is 5.56 Å². The Hall–Kier alpha value is -1.69. The summed E-state index contributed by atoms with van der Waals surface area (Å²) in [5.74, 6) is 0.708. The molecule has 0 aliphatic heterocycles. The van der Waals surface area contributed by atoms with Crippen LogP contribution in [0.1, 0.15) is 56.1 Å². The predicted octanol–water partition coefficient (Wildman–Crippen LogP) is 1.36. The van der Waals surface area contributed by atoms with Gasteiger partial charge < -0.3 is 10.1 Å². The molecule has 96 valence electrons. The Morgan fingerprint density at radius 1 is 1.33 bits per heavy atom. The van der Waals surface area contributed by atoms with Gasteiger partial charge in [-0.05, 0) is 19.8 Å². The number of hydrogen-bond acceptors (Lipinski definition) is 4. The maximum Gasteiger partial charge on any atom is 0.279 e. The van der Waals surface area contributed by atoms with Gasteiger partial charge >= 0.3 is 0 Å². The van der Waals surface area contributed by atoms with E-state index in [0.29, 0.717) is 22.8 Å². The van der Waals surface area contributed by atoms with E-state index in [1.807, 2.05) is 0 Å². The summed E-state index contributed by atoms with van der Waals surface area (Å²) in [5.41, 5.74) is 1.59. The highest BCUT2D eigenvalue weighted by Gasteiger charge is 2.23. The molecule has 18 heavy (non-hydrogen) atoms. The quantitative estimate of drug-likeness (QED) is 0.747. The standard InChI is InChI=1S/C12H16N4O2/c1-6(17)11-13-9-8(7-4-2-3-5-7)15-16-10(9)12(18)14-11/h6-7,17H,2-5H2,1H3,(H,15,16)(H,13,14,18)/t6-/m0/s1. The molecule has 6 heteroatoms. The van der Waals surface area contributed by atoms with E-state index >= 15 is 0 Å². The van der Waals surface area contributed by atoms with Crippen LogP contribution in [0, 0.1) is 0 Å². The number of fused-ring (bicyclic) bond motifs is 1. The molecule has 0 bridgehead atoms. The van der Waals surface area contributed by atoms with Crippen molar-refractivity contribution < 1.29 is 5.11 Å². The average Bonchev–Trinajstić information content (AvgIpc) is 2.96. The van der Waals surface area contributed by atoms with Crippen LogP contribution in [0.15, 0.2) is 4.79 Å². The highest BCUT2D eigenvalue weighted by molar-refractivity contribution is 5.76. The fourth-order valence-corrected chi connectivity index (χ4v) is 2.64. The van der Waals surface area contributed by atoms with Gasteiger partial charge in [0.2, 0.25) is 0 Å². The molecule has 1 aliphatic carbocycles. The molecule has 1 aliphatic rings. The Labute approximate surface area is 103 Å². The van der Waals surface area contributed by atoms with Crippen molar-refractivity contribution in [1.82, 2.24) is 20.2 Å². The van der Waals surface area contributed by atoms with Crippen molar-refractivity contribution in [1.29, 1.82) is 0 Å².